The van der Waals surface area contributed by atoms with Gasteiger partial charge in [-0.3, -0.25) is 4.79 Å². The van der Waals surface area contributed by atoms with Crippen molar-refractivity contribution in [1.29, 1.82) is 0 Å². The first-order valence-corrected chi connectivity index (χ1v) is 9.48. The Morgan fingerprint density at radius 2 is 1.84 bits per heavy atom. The van der Waals surface area contributed by atoms with Crippen LogP contribution in [0, 0.1) is 5.82 Å². The molecular formula is C17H18ClFN2O3S. The summed E-state index contributed by atoms with van der Waals surface area (Å²) in [6, 6.07) is 9.42. The first-order chi connectivity index (χ1) is 11.8. The molecular weight excluding hydrogens is 367 g/mol. The van der Waals surface area contributed by atoms with E-state index in [-0.39, 0.29) is 34.3 Å². The molecule has 1 amide bonds. The number of benzene rings is 2. The third kappa shape index (κ3) is 4.36. The van der Waals surface area contributed by atoms with E-state index in [4.69, 9.17) is 11.6 Å². The van der Waals surface area contributed by atoms with Crippen molar-refractivity contribution in [3.05, 3.63) is 58.9 Å². The third-order valence-corrected chi connectivity index (χ3v) is 6.13. The van der Waals surface area contributed by atoms with E-state index in [1.165, 1.54) is 46.8 Å². The zero-order chi connectivity index (χ0) is 18.6. The molecule has 25 heavy (non-hydrogen) atoms. The summed E-state index contributed by atoms with van der Waals surface area (Å²) in [7, 11) is -3.81. The van der Waals surface area contributed by atoms with Gasteiger partial charge in [0.2, 0.25) is 10.0 Å². The van der Waals surface area contributed by atoms with Crippen molar-refractivity contribution >= 4 is 33.2 Å². The highest BCUT2D eigenvalue weighted by molar-refractivity contribution is 7.89. The maximum atomic E-state index is 13.2. The van der Waals surface area contributed by atoms with Gasteiger partial charge in [-0.05, 0) is 36.4 Å². The van der Waals surface area contributed by atoms with Crippen LogP contribution in [0.1, 0.15) is 24.2 Å². The minimum absolute atomic E-state index is 0.0363. The van der Waals surface area contributed by atoms with Gasteiger partial charge in [0, 0.05) is 24.3 Å². The molecule has 0 aliphatic carbocycles. The highest BCUT2D eigenvalue weighted by Gasteiger charge is 2.25. The van der Waals surface area contributed by atoms with Crippen LogP contribution in [-0.4, -0.2) is 31.7 Å². The van der Waals surface area contributed by atoms with Crippen molar-refractivity contribution in [3.63, 3.8) is 0 Å². The number of carbonyl (C=O) groups excluding carboxylic acids is 1. The smallest absolute Gasteiger partial charge is 0.255 e. The van der Waals surface area contributed by atoms with E-state index in [0.29, 0.717) is 0 Å². The number of sulfonamides is 1. The molecule has 0 spiro atoms. The summed E-state index contributed by atoms with van der Waals surface area (Å²) in [6.45, 7) is 4.01. The maximum Gasteiger partial charge on any atom is 0.255 e. The molecule has 0 fully saturated rings. The fourth-order valence-electron chi connectivity index (χ4n) is 2.31. The second kappa shape index (κ2) is 7.95. The molecule has 0 heterocycles. The summed E-state index contributed by atoms with van der Waals surface area (Å²) in [6.07, 6.45) is 0. The monoisotopic (exact) mass is 384 g/mol. The predicted molar refractivity (Wildman–Crippen MR) is 95.9 cm³/mol. The molecule has 0 aliphatic rings. The van der Waals surface area contributed by atoms with E-state index in [9.17, 15) is 17.6 Å². The van der Waals surface area contributed by atoms with Crippen LogP contribution in [0.3, 0.4) is 0 Å². The van der Waals surface area contributed by atoms with Crippen LogP contribution in [0.2, 0.25) is 5.02 Å². The zero-order valence-corrected chi connectivity index (χ0v) is 15.4. The minimum Gasteiger partial charge on any atom is -0.322 e. The van der Waals surface area contributed by atoms with E-state index >= 15 is 0 Å². The van der Waals surface area contributed by atoms with E-state index in [0.717, 1.165) is 0 Å². The van der Waals surface area contributed by atoms with Crippen molar-refractivity contribution in [2.24, 2.45) is 0 Å². The molecule has 0 atom stereocenters. The van der Waals surface area contributed by atoms with E-state index < -0.39 is 21.7 Å². The van der Waals surface area contributed by atoms with Crippen molar-refractivity contribution in [3.8, 4) is 0 Å². The number of nitrogens with zero attached hydrogens (tertiary/aromatic N) is 1. The predicted octanol–water partition coefficient (Wildman–Crippen LogP) is 3.76. The second-order valence-electron chi connectivity index (χ2n) is 5.20. The first-order valence-electron chi connectivity index (χ1n) is 7.66. The summed E-state index contributed by atoms with van der Waals surface area (Å²) < 4.78 is 39.8. The lowest BCUT2D eigenvalue weighted by molar-refractivity contribution is 0.102. The van der Waals surface area contributed by atoms with Crippen LogP contribution in [0.25, 0.3) is 0 Å². The van der Waals surface area contributed by atoms with E-state index in [2.05, 4.69) is 5.32 Å². The van der Waals surface area contributed by atoms with Gasteiger partial charge < -0.3 is 5.32 Å². The Hall–Kier alpha value is -1.96. The number of hydrogen-bond donors (Lipinski definition) is 1. The number of nitrogens with one attached hydrogen (secondary N) is 1. The second-order valence-corrected chi connectivity index (χ2v) is 7.51. The SMILES string of the molecule is CCN(CC)S(=O)(=O)c1cc(C(=O)Nc2cccc(F)c2)ccc1Cl. The molecule has 0 saturated carbocycles. The fraction of sp³-hybridized carbons (Fsp3) is 0.235. The number of carbonyl (C=O) groups is 1. The molecule has 5 nitrogen and oxygen atoms in total. The topological polar surface area (TPSA) is 66.5 Å². The van der Waals surface area contributed by atoms with Crippen LogP contribution in [0.5, 0.6) is 0 Å². The molecule has 0 bridgehead atoms. The molecule has 1 N–H and O–H groups in total. The number of anilines is 1. The average Bonchev–Trinajstić information content (AvgIpc) is 2.55. The summed E-state index contributed by atoms with van der Waals surface area (Å²) in [5, 5.41) is 2.56. The molecule has 0 saturated heterocycles. The van der Waals surface area contributed by atoms with Crippen molar-refractivity contribution < 1.29 is 17.6 Å². The Bertz CT molecular complexity index is 883. The van der Waals surface area contributed by atoms with Crippen LogP contribution in [0.4, 0.5) is 10.1 Å². The highest BCUT2D eigenvalue weighted by atomic mass is 35.5. The standard InChI is InChI=1S/C17H18ClFN2O3S/c1-3-21(4-2)25(23,24)16-10-12(8-9-15(16)18)17(22)20-14-7-5-6-13(19)11-14/h5-11H,3-4H2,1-2H3,(H,20,22). The van der Waals surface area contributed by atoms with Gasteiger partial charge in [0.1, 0.15) is 10.7 Å². The van der Waals surface area contributed by atoms with Crippen LogP contribution < -0.4 is 5.32 Å². The van der Waals surface area contributed by atoms with Crippen molar-refractivity contribution in [1.82, 2.24) is 4.31 Å². The average molecular weight is 385 g/mol. The lowest BCUT2D eigenvalue weighted by Gasteiger charge is -2.19. The molecule has 0 unspecified atom stereocenters. The van der Waals surface area contributed by atoms with Crippen molar-refractivity contribution in [2.75, 3.05) is 18.4 Å². The Kier molecular flexibility index (Phi) is 6.16. The number of hydrogen-bond acceptors (Lipinski definition) is 3. The quantitative estimate of drug-likeness (QED) is 0.824. The summed E-state index contributed by atoms with van der Waals surface area (Å²) >= 11 is 6.04. The molecule has 2 aromatic rings. The molecule has 2 aromatic carbocycles. The fourth-order valence-corrected chi connectivity index (χ4v) is 4.27. The molecule has 134 valence electrons. The van der Waals surface area contributed by atoms with Gasteiger partial charge in [0.15, 0.2) is 0 Å². The van der Waals surface area contributed by atoms with Gasteiger partial charge in [0.05, 0.1) is 5.02 Å². The van der Waals surface area contributed by atoms with Crippen LogP contribution in [0.15, 0.2) is 47.4 Å². The van der Waals surface area contributed by atoms with Gasteiger partial charge in [-0.1, -0.05) is 31.5 Å². The molecule has 0 radical (unpaired) electrons. The Labute approximate surface area is 151 Å². The number of amides is 1. The van der Waals surface area contributed by atoms with Gasteiger partial charge in [-0.15, -0.1) is 0 Å². The Balaban J connectivity index is 2.37. The number of halogens is 2. The maximum absolute atomic E-state index is 13.2. The van der Waals surface area contributed by atoms with Gasteiger partial charge in [-0.2, -0.15) is 4.31 Å². The minimum atomic E-state index is -3.81. The molecule has 8 heteroatoms. The molecule has 0 aliphatic heterocycles. The van der Waals surface area contributed by atoms with Crippen molar-refractivity contribution in [2.45, 2.75) is 18.7 Å². The summed E-state index contributed by atoms with van der Waals surface area (Å²) in [4.78, 5) is 12.2. The summed E-state index contributed by atoms with van der Waals surface area (Å²) in [5.74, 6) is -1.04. The van der Waals surface area contributed by atoms with Crippen LogP contribution in [-0.2, 0) is 10.0 Å². The van der Waals surface area contributed by atoms with E-state index in [1.54, 1.807) is 13.8 Å². The molecule has 0 aromatic heterocycles. The molecule has 2 rings (SSSR count). The number of rotatable bonds is 6. The first kappa shape index (κ1) is 19.4. The van der Waals surface area contributed by atoms with E-state index in [1.807, 2.05) is 0 Å². The Morgan fingerprint density at radius 1 is 1.16 bits per heavy atom. The lowest BCUT2D eigenvalue weighted by atomic mass is 10.2. The van der Waals surface area contributed by atoms with Crippen LogP contribution >= 0.6 is 11.6 Å². The van der Waals surface area contributed by atoms with Gasteiger partial charge in [0.25, 0.3) is 5.91 Å². The summed E-state index contributed by atoms with van der Waals surface area (Å²) in [5.41, 5.74) is 0.382. The van der Waals surface area contributed by atoms with Gasteiger partial charge >= 0.3 is 0 Å². The normalized spacial score (nSPS) is 11.6. The highest BCUT2D eigenvalue weighted by Crippen LogP contribution is 2.26. The largest absolute Gasteiger partial charge is 0.322 e. The third-order valence-electron chi connectivity index (χ3n) is 3.60. The van der Waals surface area contributed by atoms with Gasteiger partial charge in [-0.25, -0.2) is 12.8 Å². The lowest BCUT2D eigenvalue weighted by Crippen LogP contribution is -2.31. The Morgan fingerprint density at radius 3 is 2.44 bits per heavy atom. The zero-order valence-electron chi connectivity index (χ0n) is 13.8.